The third kappa shape index (κ3) is 2.51. The Morgan fingerprint density at radius 1 is 1.47 bits per heavy atom. The molecule has 0 aliphatic carbocycles. The second kappa shape index (κ2) is 4.97. The summed E-state index contributed by atoms with van der Waals surface area (Å²) in [6.45, 7) is 6.14. The number of likely N-dealkylation sites (tertiary alicyclic amines) is 1. The highest BCUT2D eigenvalue weighted by Crippen LogP contribution is 2.22. The molecular weight excluding hydrogens is 188 g/mol. The van der Waals surface area contributed by atoms with Gasteiger partial charge in [-0.25, -0.2) is 0 Å². The number of amides is 1. The Bertz CT molecular complexity index is 224. The summed E-state index contributed by atoms with van der Waals surface area (Å²) in [5.74, 6) is 1.41. The van der Waals surface area contributed by atoms with Crippen LogP contribution in [-0.4, -0.2) is 37.0 Å². The van der Waals surface area contributed by atoms with Gasteiger partial charge in [0.2, 0.25) is 5.91 Å². The van der Waals surface area contributed by atoms with Gasteiger partial charge < -0.3 is 10.2 Å². The van der Waals surface area contributed by atoms with Gasteiger partial charge in [0.1, 0.15) is 0 Å². The van der Waals surface area contributed by atoms with Crippen LogP contribution in [0.1, 0.15) is 32.6 Å². The maximum Gasteiger partial charge on any atom is 0.227 e. The van der Waals surface area contributed by atoms with Crippen LogP contribution in [0.15, 0.2) is 0 Å². The van der Waals surface area contributed by atoms with Crippen molar-refractivity contribution in [1.82, 2.24) is 10.2 Å². The topological polar surface area (TPSA) is 32.3 Å². The van der Waals surface area contributed by atoms with Gasteiger partial charge in [0, 0.05) is 19.6 Å². The van der Waals surface area contributed by atoms with Gasteiger partial charge in [-0.15, -0.1) is 0 Å². The van der Waals surface area contributed by atoms with Crippen LogP contribution in [0.2, 0.25) is 0 Å². The molecule has 0 aromatic rings. The summed E-state index contributed by atoms with van der Waals surface area (Å²) in [7, 11) is 0. The lowest BCUT2D eigenvalue weighted by Gasteiger charge is -2.33. The summed E-state index contributed by atoms with van der Waals surface area (Å²) in [6, 6.07) is 0. The molecule has 2 atom stereocenters. The molecule has 1 amide bonds. The minimum Gasteiger partial charge on any atom is -0.342 e. The summed E-state index contributed by atoms with van der Waals surface area (Å²) >= 11 is 0. The Kier molecular flexibility index (Phi) is 3.62. The minimum atomic E-state index is 0.264. The van der Waals surface area contributed by atoms with Crippen molar-refractivity contribution in [3.8, 4) is 0 Å². The zero-order valence-corrected chi connectivity index (χ0v) is 9.67. The lowest BCUT2D eigenvalue weighted by atomic mass is 9.94. The van der Waals surface area contributed by atoms with Gasteiger partial charge in [0.15, 0.2) is 0 Å². The fraction of sp³-hybridized carbons (Fsp3) is 0.917. The standard InChI is InChI=1S/C12H22N2O/c1-2-10-4-3-7-14(9-10)12(15)11-5-6-13-8-11/h10-11,13H,2-9H2,1H3/t10?,11-/m1/s1. The van der Waals surface area contributed by atoms with Gasteiger partial charge in [-0.1, -0.05) is 13.3 Å². The largest absolute Gasteiger partial charge is 0.342 e. The molecule has 1 N–H and O–H groups in total. The molecule has 0 saturated carbocycles. The van der Waals surface area contributed by atoms with Crippen LogP contribution in [0, 0.1) is 11.8 Å². The number of carbonyl (C=O) groups is 1. The lowest BCUT2D eigenvalue weighted by molar-refractivity contribution is -0.136. The van der Waals surface area contributed by atoms with E-state index in [0.717, 1.165) is 38.5 Å². The second-order valence-electron chi connectivity index (χ2n) is 4.89. The number of nitrogens with one attached hydrogen (secondary N) is 1. The van der Waals surface area contributed by atoms with E-state index in [0.29, 0.717) is 5.91 Å². The summed E-state index contributed by atoms with van der Waals surface area (Å²) < 4.78 is 0. The van der Waals surface area contributed by atoms with E-state index in [4.69, 9.17) is 0 Å². The fourth-order valence-corrected chi connectivity index (χ4v) is 2.72. The number of hydrogen-bond acceptors (Lipinski definition) is 2. The summed E-state index contributed by atoms with van der Waals surface area (Å²) in [5.41, 5.74) is 0. The predicted octanol–water partition coefficient (Wildman–Crippen LogP) is 1.24. The van der Waals surface area contributed by atoms with E-state index in [1.807, 2.05) is 0 Å². The Labute approximate surface area is 92.2 Å². The molecule has 0 aromatic heterocycles. The third-order valence-electron chi connectivity index (χ3n) is 3.82. The maximum absolute atomic E-state index is 12.1. The van der Waals surface area contributed by atoms with Gasteiger partial charge in [0.25, 0.3) is 0 Å². The molecule has 2 rings (SSSR count). The smallest absolute Gasteiger partial charge is 0.227 e. The first-order valence-electron chi connectivity index (χ1n) is 6.30. The molecule has 2 aliphatic heterocycles. The van der Waals surface area contributed by atoms with Crippen molar-refractivity contribution >= 4 is 5.91 Å². The van der Waals surface area contributed by atoms with Crippen LogP contribution in [0.3, 0.4) is 0 Å². The highest BCUT2D eigenvalue weighted by molar-refractivity contribution is 5.79. The average Bonchev–Trinajstić information content (AvgIpc) is 2.81. The molecule has 0 bridgehead atoms. The van der Waals surface area contributed by atoms with Gasteiger partial charge in [-0.2, -0.15) is 0 Å². The molecule has 15 heavy (non-hydrogen) atoms. The van der Waals surface area contributed by atoms with Gasteiger partial charge in [-0.05, 0) is 31.7 Å². The molecule has 2 aliphatic rings. The SMILES string of the molecule is CCC1CCCN(C(=O)[C@@H]2CCNC2)C1. The van der Waals surface area contributed by atoms with E-state index < -0.39 is 0 Å². The van der Waals surface area contributed by atoms with Crippen LogP contribution in [-0.2, 0) is 4.79 Å². The lowest BCUT2D eigenvalue weighted by Crippen LogP contribution is -2.43. The second-order valence-corrected chi connectivity index (χ2v) is 4.89. The first-order chi connectivity index (χ1) is 7.31. The van der Waals surface area contributed by atoms with Crippen molar-refractivity contribution in [2.24, 2.45) is 11.8 Å². The van der Waals surface area contributed by atoms with Crippen molar-refractivity contribution in [3.63, 3.8) is 0 Å². The first-order valence-corrected chi connectivity index (χ1v) is 6.30. The number of piperidine rings is 1. The first kappa shape index (κ1) is 10.9. The Balaban J connectivity index is 1.88. The van der Waals surface area contributed by atoms with Crippen LogP contribution >= 0.6 is 0 Å². The van der Waals surface area contributed by atoms with E-state index in [9.17, 15) is 4.79 Å². The molecule has 2 saturated heterocycles. The third-order valence-corrected chi connectivity index (χ3v) is 3.82. The molecule has 1 unspecified atom stereocenters. The van der Waals surface area contributed by atoms with Crippen LogP contribution in [0.4, 0.5) is 0 Å². The highest BCUT2D eigenvalue weighted by Gasteiger charge is 2.29. The van der Waals surface area contributed by atoms with E-state index >= 15 is 0 Å². The van der Waals surface area contributed by atoms with Crippen molar-refractivity contribution in [1.29, 1.82) is 0 Å². The van der Waals surface area contributed by atoms with Crippen LogP contribution in [0.25, 0.3) is 0 Å². The molecule has 86 valence electrons. The molecule has 0 radical (unpaired) electrons. The zero-order chi connectivity index (χ0) is 10.7. The zero-order valence-electron chi connectivity index (χ0n) is 9.67. The molecular formula is C12H22N2O. The number of rotatable bonds is 2. The molecule has 0 aromatic carbocycles. The Morgan fingerprint density at radius 2 is 2.33 bits per heavy atom. The van der Waals surface area contributed by atoms with Crippen molar-refractivity contribution in [2.75, 3.05) is 26.2 Å². The van der Waals surface area contributed by atoms with Gasteiger partial charge in [0.05, 0.1) is 5.92 Å². The number of nitrogens with zero attached hydrogens (tertiary/aromatic N) is 1. The monoisotopic (exact) mass is 210 g/mol. The molecule has 0 spiro atoms. The van der Waals surface area contributed by atoms with E-state index in [-0.39, 0.29) is 5.92 Å². The summed E-state index contributed by atoms with van der Waals surface area (Å²) in [4.78, 5) is 14.3. The number of carbonyl (C=O) groups excluding carboxylic acids is 1. The predicted molar refractivity (Wildman–Crippen MR) is 60.6 cm³/mol. The average molecular weight is 210 g/mol. The fourth-order valence-electron chi connectivity index (χ4n) is 2.72. The quantitative estimate of drug-likeness (QED) is 0.744. The minimum absolute atomic E-state index is 0.264. The summed E-state index contributed by atoms with van der Waals surface area (Å²) in [6.07, 6.45) is 4.76. The normalized spacial score (nSPS) is 31.9. The molecule has 2 heterocycles. The van der Waals surface area contributed by atoms with E-state index in [1.54, 1.807) is 0 Å². The Hall–Kier alpha value is -0.570. The van der Waals surface area contributed by atoms with Crippen molar-refractivity contribution in [3.05, 3.63) is 0 Å². The molecule has 2 fully saturated rings. The van der Waals surface area contributed by atoms with E-state index in [2.05, 4.69) is 17.1 Å². The Morgan fingerprint density at radius 3 is 3.00 bits per heavy atom. The van der Waals surface area contributed by atoms with Crippen molar-refractivity contribution in [2.45, 2.75) is 32.6 Å². The van der Waals surface area contributed by atoms with Crippen LogP contribution in [0.5, 0.6) is 0 Å². The van der Waals surface area contributed by atoms with Crippen molar-refractivity contribution < 1.29 is 4.79 Å². The summed E-state index contributed by atoms with van der Waals surface area (Å²) in [5, 5.41) is 3.27. The molecule has 3 nitrogen and oxygen atoms in total. The maximum atomic E-state index is 12.1. The van der Waals surface area contributed by atoms with Gasteiger partial charge in [-0.3, -0.25) is 4.79 Å². The number of hydrogen-bond donors (Lipinski definition) is 1. The van der Waals surface area contributed by atoms with Crippen LogP contribution < -0.4 is 5.32 Å². The van der Waals surface area contributed by atoms with Gasteiger partial charge >= 0.3 is 0 Å². The van der Waals surface area contributed by atoms with E-state index in [1.165, 1.54) is 19.3 Å². The highest BCUT2D eigenvalue weighted by atomic mass is 16.2. The molecule has 3 heteroatoms.